The van der Waals surface area contributed by atoms with Gasteiger partial charge in [-0.15, -0.1) is 0 Å². The monoisotopic (exact) mass is 459 g/mol. The highest BCUT2D eigenvalue weighted by molar-refractivity contribution is 5.91. The first-order valence-electron chi connectivity index (χ1n) is 10.7. The summed E-state index contributed by atoms with van der Waals surface area (Å²) in [7, 11) is 3.16. The molecule has 33 heavy (non-hydrogen) atoms. The summed E-state index contributed by atoms with van der Waals surface area (Å²) >= 11 is 0. The number of nitrogens with one attached hydrogen (secondary N) is 1. The summed E-state index contributed by atoms with van der Waals surface area (Å²) in [6.07, 6.45) is -0.806. The Bertz CT molecular complexity index is 1170. The zero-order valence-electron chi connectivity index (χ0n) is 19.1. The molecule has 0 bridgehead atoms. The second kappa shape index (κ2) is 9.21. The van der Waals surface area contributed by atoms with Crippen LogP contribution in [0.15, 0.2) is 24.3 Å². The maximum absolute atomic E-state index is 13.1. The third kappa shape index (κ3) is 4.84. The molecule has 1 saturated carbocycles. The number of aryl methyl sites for hydroxylation is 1. The zero-order chi connectivity index (χ0) is 23.7. The van der Waals surface area contributed by atoms with Gasteiger partial charge >= 0.3 is 0 Å². The summed E-state index contributed by atoms with van der Waals surface area (Å²) in [5, 5.41) is 11.4. The molecule has 1 N–H and O–H groups in total. The highest BCUT2D eigenvalue weighted by atomic mass is 19.3. The van der Waals surface area contributed by atoms with Crippen LogP contribution in [-0.4, -0.2) is 39.7 Å². The standard InChI is InChI=1S/C23H27F2N5O3/c1-13-22(14(2)29(27-13)11-15-5-8-19(32-3)20(9-15)33-4)26-21(31)12-30-18(16-6-7-16)10-17(28-30)23(24)25/h5,8-10,16,23H,6-7,11-12H2,1-4H3,(H,26,31). The molecule has 3 aromatic rings. The zero-order valence-corrected chi connectivity index (χ0v) is 19.1. The van der Waals surface area contributed by atoms with E-state index < -0.39 is 6.43 Å². The van der Waals surface area contributed by atoms with E-state index in [1.807, 2.05) is 32.0 Å². The van der Waals surface area contributed by atoms with Gasteiger partial charge in [-0.1, -0.05) is 6.07 Å². The van der Waals surface area contributed by atoms with Gasteiger partial charge in [-0.05, 0) is 50.5 Å². The lowest BCUT2D eigenvalue weighted by molar-refractivity contribution is -0.117. The van der Waals surface area contributed by atoms with Gasteiger partial charge in [-0.25, -0.2) is 8.78 Å². The topological polar surface area (TPSA) is 83.2 Å². The number of carbonyl (C=O) groups excluding carboxylic acids is 1. The fourth-order valence-electron chi connectivity index (χ4n) is 3.89. The summed E-state index contributed by atoms with van der Waals surface area (Å²) in [5.74, 6) is 1.13. The summed E-state index contributed by atoms with van der Waals surface area (Å²) in [5.41, 5.74) is 3.41. The van der Waals surface area contributed by atoms with Gasteiger partial charge < -0.3 is 14.8 Å². The van der Waals surface area contributed by atoms with E-state index in [4.69, 9.17) is 9.47 Å². The predicted molar refractivity (Wildman–Crippen MR) is 118 cm³/mol. The van der Waals surface area contributed by atoms with E-state index in [-0.39, 0.29) is 24.1 Å². The van der Waals surface area contributed by atoms with Gasteiger partial charge in [0.15, 0.2) is 11.5 Å². The van der Waals surface area contributed by atoms with Crippen molar-refractivity contribution in [1.82, 2.24) is 19.6 Å². The molecule has 1 amide bonds. The van der Waals surface area contributed by atoms with Crippen LogP contribution in [0, 0.1) is 13.8 Å². The molecule has 1 aromatic carbocycles. The van der Waals surface area contributed by atoms with Gasteiger partial charge in [0.2, 0.25) is 5.91 Å². The molecular weight excluding hydrogens is 432 g/mol. The van der Waals surface area contributed by atoms with Crippen LogP contribution in [0.2, 0.25) is 0 Å². The van der Waals surface area contributed by atoms with Crippen molar-refractivity contribution < 1.29 is 23.0 Å². The first kappa shape index (κ1) is 22.8. The molecular formula is C23H27F2N5O3. The Hall–Kier alpha value is -3.43. The summed E-state index contributed by atoms with van der Waals surface area (Å²) in [6, 6.07) is 7.05. The van der Waals surface area contributed by atoms with Gasteiger partial charge in [0, 0.05) is 11.6 Å². The Morgan fingerprint density at radius 1 is 1.12 bits per heavy atom. The fourth-order valence-corrected chi connectivity index (χ4v) is 3.89. The number of anilines is 1. The van der Waals surface area contributed by atoms with E-state index in [1.165, 1.54) is 10.7 Å². The van der Waals surface area contributed by atoms with E-state index >= 15 is 0 Å². The molecule has 0 spiro atoms. The van der Waals surface area contributed by atoms with Crippen LogP contribution >= 0.6 is 0 Å². The molecule has 0 saturated heterocycles. The second-order valence-corrected chi connectivity index (χ2v) is 8.17. The summed E-state index contributed by atoms with van der Waals surface area (Å²) in [4.78, 5) is 12.8. The van der Waals surface area contributed by atoms with Crippen molar-refractivity contribution in [3.05, 3.63) is 52.6 Å². The molecule has 1 aliphatic rings. The van der Waals surface area contributed by atoms with Crippen LogP contribution in [-0.2, 0) is 17.9 Å². The Labute approximate surface area is 190 Å². The van der Waals surface area contributed by atoms with Crippen molar-refractivity contribution >= 4 is 11.6 Å². The first-order valence-corrected chi connectivity index (χ1v) is 10.7. The van der Waals surface area contributed by atoms with Crippen LogP contribution in [0.1, 0.15) is 53.5 Å². The van der Waals surface area contributed by atoms with Gasteiger partial charge in [0.05, 0.1) is 37.8 Å². The molecule has 1 fully saturated rings. The second-order valence-electron chi connectivity index (χ2n) is 8.17. The van der Waals surface area contributed by atoms with Crippen molar-refractivity contribution in [3.8, 4) is 11.5 Å². The van der Waals surface area contributed by atoms with Gasteiger partial charge in [-0.2, -0.15) is 10.2 Å². The summed E-state index contributed by atoms with van der Waals surface area (Å²) < 4.78 is 40.0. The lowest BCUT2D eigenvalue weighted by Crippen LogP contribution is -2.21. The third-order valence-electron chi connectivity index (χ3n) is 5.77. The largest absolute Gasteiger partial charge is 0.493 e. The van der Waals surface area contributed by atoms with E-state index in [0.717, 1.165) is 24.1 Å². The normalized spacial score (nSPS) is 13.4. The number of halogens is 2. The van der Waals surface area contributed by atoms with Gasteiger partial charge in [0.25, 0.3) is 6.43 Å². The molecule has 8 nitrogen and oxygen atoms in total. The van der Waals surface area contributed by atoms with Crippen LogP contribution < -0.4 is 14.8 Å². The molecule has 2 heterocycles. The number of nitrogens with zero attached hydrogens (tertiary/aromatic N) is 4. The Balaban J connectivity index is 1.49. The molecule has 0 radical (unpaired) electrons. The third-order valence-corrected chi connectivity index (χ3v) is 5.77. The predicted octanol–water partition coefficient (Wildman–Crippen LogP) is 4.22. The Morgan fingerprint density at radius 2 is 1.85 bits per heavy atom. The number of alkyl halides is 2. The number of hydrogen-bond acceptors (Lipinski definition) is 5. The molecule has 10 heteroatoms. The number of ether oxygens (including phenoxy) is 2. The van der Waals surface area contributed by atoms with Crippen molar-refractivity contribution in [3.63, 3.8) is 0 Å². The lowest BCUT2D eigenvalue weighted by Gasteiger charge is -2.11. The summed E-state index contributed by atoms with van der Waals surface area (Å²) in [6.45, 7) is 4.03. The molecule has 0 atom stereocenters. The van der Waals surface area contributed by atoms with Crippen molar-refractivity contribution in [2.24, 2.45) is 0 Å². The molecule has 0 unspecified atom stereocenters. The number of methoxy groups -OCH3 is 2. The Kier molecular flexibility index (Phi) is 6.35. The van der Waals surface area contributed by atoms with Gasteiger partial charge in [0.1, 0.15) is 12.2 Å². The maximum atomic E-state index is 13.1. The highest BCUT2D eigenvalue weighted by Crippen LogP contribution is 2.41. The smallest absolute Gasteiger partial charge is 0.282 e. The maximum Gasteiger partial charge on any atom is 0.282 e. The average Bonchev–Trinajstić information content (AvgIpc) is 3.50. The van der Waals surface area contributed by atoms with E-state index in [1.54, 1.807) is 18.9 Å². The lowest BCUT2D eigenvalue weighted by atomic mass is 10.2. The van der Waals surface area contributed by atoms with Crippen LogP contribution in [0.3, 0.4) is 0 Å². The Morgan fingerprint density at radius 3 is 2.48 bits per heavy atom. The quantitative estimate of drug-likeness (QED) is 0.518. The minimum atomic E-state index is -2.66. The minimum absolute atomic E-state index is 0.127. The van der Waals surface area contributed by atoms with Crippen molar-refractivity contribution in [1.29, 1.82) is 0 Å². The van der Waals surface area contributed by atoms with Crippen molar-refractivity contribution in [2.75, 3.05) is 19.5 Å². The van der Waals surface area contributed by atoms with Crippen LogP contribution in [0.4, 0.5) is 14.5 Å². The minimum Gasteiger partial charge on any atom is -0.493 e. The average molecular weight is 459 g/mol. The number of hydrogen-bond donors (Lipinski definition) is 1. The number of rotatable bonds is 9. The number of aromatic nitrogens is 4. The van der Waals surface area contributed by atoms with Crippen LogP contribution in [0.25, 0.3) is 0 Å². The molecule has 2 aromatic heterocycles. The number of amides is 1. The number of benzene rings is 1. The first-order chi connectivity index (χ1) is 15.8. The molecule has 176 valence electrons. The molecule has 1 aliphatic carbocycles. The number of carbonyl (C=O) groups is 1. The fraction of sp³-hybridized carbons (Fsp3) is 0.435. The SMILES string of the molecule is COc1ccc(Cn2nc(C)c(NC(=O)Cn3nc(C(F)F)cc3C3CC3)c2C)cc1OC. The highest BCUT2D eigenvalue weighted by Gasteiger charge is 2.30. The van der Waals surface area contributed by atoms with E-state index in [9.17, 15) is 13.6 Å². The van der Waals surface area contributed by atoms with Crippen LogP contribution in [0.5, 0.6) is 11.5 Å². The molecule has 0 aliphatic heterocycles. The van der Waals surface area contributed by atoms with Crippen molar-refractivity contribution in [2.45, 2.75) is 52.1 Å². The van der Waals surface area contributed by atoms with E-state index in [2.05, 4.69) is 15.5 Å². The van der Waals surface area contributed by atoms with E-state index in [0.29, 0.717) is 35.1 Å². The molecule has 4 rings (SSSR count). The van der Waals surface area contributed by atoms with Gasteiger partial charge in [-0.3, -0.25) is 14.2 Å².